The van der Waals surface area contributed by atoms with Crippen molar-refractivity contribution in [2.75, 3.05) is 12.3 Å². The van der Waals surface area contributed by atoms with Gasteiger partial charge in [-0.3, -0.25) is 0 Å². The first-order chi connectivity index (χ1) is 8.74. The lowest BCUT2D eigenvalue weighted by Gasteiger charge is -2.10. The molecule has 1 aromatic rings. The topological polar surface area (TPSA) is 92.4 Å². The normalized spacial score (nSPS) is 13.5. The molecule has 0 spiro atoms. The van der Waals surface area contributed by atoms with Gasteiger partial charge in [0.25, 0.3) is 0 Å². The van der Waals surface area contributed by atoms with Crippen molar-refractivity contribution in [2.45, 2.75) is 30.8 Å². The van der Waals surface area contributed by atoms with Crippen LogP contribution in [0.5, 0.6) is 0 Å². The molecule has 0 bridgehead atoms. The fourth-order valence-electron chi connectivity index (χ4n) is 1.46. The number of sulfonamides is 1. The van der Waals surface area contributed by atoms with Gasteiger partial charge in [-0.05, 0) is 47.8 Å². The van der Waals surface area contributed by atoms with Crippen LogP contribution < -0.4 is 10.5 Å². The highest BCUT2D eigenvalue weighted by molar-refractivity contribution is 9.10. The fraction of sp³-hybridized carbons (Fsp3) is 0.455. The molecule has 0 radical (unpaired) electrons. The Balaban J connectivity index is 2.83. The zero-order chi connectivity index (χ0) is 14.6. The summed E-state index contributed by atoms with van der Waals surface area (Å²) in [7, 11) is -3.95. The minimum absolute atomic E-state index is 0.00291. The number of nitrogens with one attached hydrogen (secondary N) is 1. The van der Waals surface area contributed by atoms with Gasteiger partial charge in [0, 0.05) is 12.2 Å². The van der Waals surface area contributed by atoms with E-state index < -0.39 is 26.8 Å². The molecular weight excluding hydrogens is 339 g/mol. The minimum atomic E-state index is -3.95. The predicted molar refractivity (Wildman–Crippen MR) is 74.6 cm³/mol. The molecule has 0 fully saturated rings. The van der Waals surface area contributed by atoms with E-state index in [1.165, 1.54) is 6.07 Å². The molecule has 1 atom stereocenters. The van der Waals surface area contributed by atoms with Gasteiger partial charge in [0.1, 0.15) is 4.90 Å². The van der Waals surface area contributed by atoms with Crippen LogP contribution in [-0.2, 0) is 10.0 Å². The molecule has 0 aliphatic rings. The molecule has 1 rings (SSSR count). The molecule has 1 aromatic carbocycles. The van der Waals surface area contributed by atoms with E-state index in [1.54, 1.807) is 6.92 Å². The average molecular weight is 355 g/mol. The van der Waals surface area contributed by atoms with Crippen LogP contribution in [0.3, 0.4) is 0 Å². The van der Waals surface area contributed by atoms with Crippen LogP contribution in [0.4, 0.5) is 10.1 Å². The van der Waals surface area contributed by atoms with Crippen molar-refractivity contribution in [3.05, 3.63) is 22.4 Å². The Morgan fingerprint density at radius 2 is 2.16 bits per heavy atom. The van der Waals surface area contributed by atoms with Gasteiger partial charge in [0.15, 0.2) is 5.82 Å². The van der Waals surface area contributed by atoms with Crippen molar-refractivity contribution in [1.29, 1.82) is 0 Å². The molecule has 0 saturated heterocycles. The van der Waals surface area contributed by atoms with E-state index in [0.29, 0.717) is 12.8 Å². The maximum Gasteiger partial charge on any atom is 0.243 e. The highest BCUT2D eigenvalue weighted by Crippen LogP contribution is 2.25. The third-order valence-corrected chi connectivity index (χ3v) is 4.43. The summed E-state index contributed by atoms with van der Waals surface area (Å²) in [6.45, 7) is 1.74. The molecule has 108 valence electrons. The van der Waals surface area contributed by atoms with Crippen LogP contribution in [0.1, 0.15) is 19.8 Å². The summed E-state index contributed by atoms with van der Waals surface area (Å²) < 4.78 is 39.8. The maximum atomic E-state index is 13.8. The number of nitrogen functional groups attached to an aromatic ring is 1. The summed E-state index contributed by atoms with van der Waals surface area (Å²) in [5.74, 6) is -0.878. The Labute approximate surface area is 120 Å². The summed E-state index contributed by atoms with van der Waals surface area (Å²) in [5.41, 5.74) is 5.65. The Morgan fingerprint density at radius 1 is 1.53 bits per heavy atom. The van der Waals surface area contributed by atoms with E-state index in [-0.39, 0.29) is 16.7 Å². The Hall–Kier alpha value is -0.700. The summed E-state index contributed by atoms with van der Waals surface area (Å²) in [5, 5.41) is 9.06. The largest absolute Gasteiger partial charge is 0.399 e. The lowest BCUT2D eigenvalue weighted by molar-refractivity contribution is 0.182. The predicted octanol–water partition coefficient (Wildman–Crippen LogP) is 1.61. The highest BCUT2D eigenvalue weighted by atomic mass is 79.9. The number of benzene rings is 1. The summed E-state index contributed by atoms with van der Waals surface area (Å²) >= 11 is 2.91. The van der Waals surface area contributed by atoms with E-state index in [1.807, 2.05) is 0 Å². The lowest BCUT2D eigenvalue weighted by Crippen LogP contribution is -2.26. The molecule has 0 aliphatic heterocycles. The number of rotatable bonds is 6. The van der Waals surface area contributed by atoms with Gasteiger partial charge >= 0.3 is 0 Å². The van der Waals surface area contributed by atoms with Crippen LogP contribution in [0.15, 0.2) is 21.5 Å². The van der Waals surface area contributed by atoms with Gasteiger partial charge in [-0.15, -0.1) is 0 Å². The van der Waals surface area contributed by atoms with Gasteiger partial charge in [0.2, 0.25) is 10.0 Å². The minimum Gasteiger partial charge on any atom is -0.399 e. The molecule has 8 heteroatoms. The molecule has 0 amide bonds. The molecule has 0 saturated carbocycles. The maximum absolute atomic E-state index is 13.8. The number of aliphatic hydroxyl groups is 1. The smallest absolute Gasteiger partial charge is 0.243 e. The van der Waals surface area contributed by atoms with Crippen molar-refractivity contribution in [1.82, 2.24) is 4.72 Å². The van der Waals surface area contributed by atoms with E-state index in [0.717, 1.165) is 6.07 Å². The number of hydrogen-bond acceptors (Lipinski definition) is 4. The first-order valence-electron chi connectivity index (χ1n) is 5.66. The van der Waals surface area contributed by atoms with Crippen LogP contribution in [0.2, 0.25) is 0 Å². The summed E-state index contributed by atoms with van der Waals surface area (Å²) in [4.78, 5) is -0.489. The fourth-order valence-corrected chi connectivity index (χ4v) is 3.28. The monoisotopic (exact) mass is 354 g/mol. The van der Waals surface area contributed by atoms with Gasteiger partial charge in [-0.2, -0.15) is 0 Å². The average Bonchev–Trinajstić information content (AvgIpc) is 2.29. The van der Waals surface area contributed by atoms with Crippen LogP contribution in [0, 0.1) is 5.82 Å². The first kappa shape index (κ1) is 16.4. The molecule has 19 heavy (non-hydrogen) atoms. The summed E-state index contributed by atoms with van der Waals surface area (Å²) in [6.07, 6.45) is 0.427. The second kappa shape index (κ2) is 6.65. The Morgan fingerprint density at radius 3 is 2.74 bits per heavy atom. The van der Waals surface area contributed by atoms with Gasteiger partial charge < -0.3 is 10.8 Å². The van der Waals surface area contributed by atoms with E-state index in [2.05, 4.69) is 20.7 Å². The first-order valence-corrected chi connectivity index (χ1v) is 7.94. The van der Waals surface area contributed by atoms with Gasteiger partial charge in [0.05, 0.1) is 10.6 Å². The second-order valence-electron chi connectivity index (χ2n) is 4.20. The van der Waals surface area contributed by atoms with E-state index in [4.69, 9.17) is 10.8 Å². The molecule has 0 heterocycles. The third kappa shape index (κ3) is 4.72. The number of hydrogen-bond donors (Lipinski definition) is 3. The summed E-state index contributed by atoms with van der Waals surface area (Å²) in [6, 6.07) is 2.36. The van der Waals surface area contributed by atoms with Crippen molar-refractivity contribution >= 4 is 31.6 Å². The van der Waals surface area contributed by atoms with Crippen molar-refractivity contribution in [2.24, 2.45) is 0 Å². The molecule has 1 unspecified atom stereocenters. The Bertz CT molecular complexity index is 549. The molecular formula is C11H16BrFN2O3S. The van der Waals surface area contributed by atoms with Crippen LogP contribution in [-0.4, -0.2) is 26.2 Å². The zero-order valence-electron chi connectivity index (χ0n) is 10.4. The van der Waals surface area contributed by atoms with Crippen LogP contribution >= 0.6 is 15.9 Å². The van der Waals surface area contributed by atoms with Gasteiger partial charge in [-0.1, -0.05) is 0 Å². The Kier molecular flexibility index (Phi) is 5.72. The number of anilines is 1. The van der Waals surface area contributed by atoms with Crippen LogP contribution in [0.25, 0.3) is 0 Å². The SMILES string of the molecule is CC(O)CCCNS(=O)(=O)c1cc(N)cc(Br)c1F. The number of aliphatic hydroxyl groups excluding tert-OH is 1. The van der Waals surface area contributed by atoms with Crippen molar-refractivity contribution in [3.8, 4) is 0 Å². The lowest BCUT2D eigenvalue weighted by atomic mass is 10.2. The van der Waals surface area contributed by atoms with Gasteiger partial charge in [-0.25, -0.2) is 17.5 Å². The molecule has 5 nitrogen and oxygen atoms in total. The molecule has 0 aliphatic carbocycles. The van der Waals surface area contributed by atoms with Crippen molar-refractivity contribution in [3.63, 3.8) is 0 Å². The van der Waals surface area contributed by atoms with E-state index >= 15 is 0 Å². The third-order valence-electron chi connectivity index (χ3n) is 2.40. The van der Waals surface area contributed by atoms with Crippen molar-refractivity contribution < 1.29 is 17.9 Å². The molecule has 0 aromatic heterocycles. The standard InChI is InChI=1S/C11H16BrFN2O3S/c1-7(16)3-2-4-15-19(17,18)10-6-8(14)5-9(12)11(10)13/h5-7,15-16H,2-4,14H2,1H3. The molecule has 4 N–H and O–H groups in total. The quantitative estimate of drug-likeness (QED) is 0.534. The highest BCUT2D eigenvalue weighted by Gasteiger charge is 2.21. The van der Waals surface area contributed by atoms with E-state index in [9.17, 15) is 12.8 Å². The second-order valence-corrected chi connectivity index (χ2v) is 6.79. The zero-order valence-corrected chi connectivity index (χ0v) is 12.8. The number of nitrogens with two attached hydrogens (primary N) is 1. The number of halogens is 2.